The molecule has 0 amide bonds. The van der Waals surface area contributed by atoms with Crippen LogP contribution in [0.2, 0.25) is 0 Å². The van der Waals surface area contributed by atoms with Gasteiger partial charge in [-0.1, -0.05) is 103 Å². The van der Waals surface area contributed by atoms with E-state index in [4.69, 9.17) is 22.9 Å². The van der Waals surface area contributed by atoms with Gasteiger partial charge in [-0.15, -0.1) is 0 Å². The summed E-state index contributed by atoms with van der Waals surface area (Å²) < 4.78 is 0. The minimum absolute atomic E-state index is 0.142. The molecular weight excluding hydrogens is 308 g/mol. The van der Waals surface area contributed by atoms with Crippen molar-refractivity contribution >= 4 is 0 Å². The summed E-state index contributed by atoms with van der Waals surface area (Å²) >= 11 is 0. The largest absolute Gasteiger partial charge is 0.316 e. The highest BCUT2D eigenvalue weighted by atomic mass is 14.9. The Labute approximate surface area is 157 Å². The summed E-state index contributed by atoms with van der Waals surface area (Å²) in [7, 11) is 0. The molecule has 0 radical (unpaired) electrons. The second-order valence-electron chi connectivity index (χ2n) is 8.14. The van der Waals surface area contributed by atoms with E-state index in [1.54, 1.807) is 0 Å². The molecule has 0 aliphatic rings. The zero-order chi connectivity index (χ0) is 18.8. The van der Waals surface area contributed by atoms with Crippen molar-refractivity contribution in [2.45, 2.75) is 134 Å². The molecule has 0 saturated carbocycles. The molecule has 25 heavy (non-hydrogen) atoms. The molecule has 0 aliphatic carbocycles. The van der Waals surface area contributed by atoms with Gasteiger partial charge in [0.25, 0.3) is 0 Å². The highest BCUT2D eigenvalue weighted by Crippen LogP contribution is 2.17. The van der Waals surface area contributed by atoms with Crippen LogP contribution in [0.15, 0.2) is 0 Å². The Balaban J connectivity index is 3.35. The molecule has 0 bridgehead atoms. The topological polar surface area (TPSA) is 104 Å². The molecule has 0 rings (SSSR count). The monoisotopic (exact) mass is 356 g/mol. The predicted molar refractivity (Wildman–Crippen MR) is 112 cm³/mol. The van der Waals surface area contributed by atoms with E-state index in [-0.39, 0.29) is 6.17 Å². The summed E-state index contributed by atoms with van der Waals surface area (Å²) in [5, 5.41) is 0. The molecule has 0 aromatic carbocycles. The fourth-order valence-corrected chi connectivity index (χ4v) is 3.43. The van der Waals surface area contributed by atoms with E-state index in [0.29, 0.717) is 0 Å². The van der Waals surface area contributed by atoms with Crippen LogP contribution in [0.4, 0.5) is 0 Å². The first-order valence-corrected chi connectivity index (χ1v) is 11.1. The highest BCUT2D eigenvalue weighted by molar-refractivity contribution is 4.76. The van der Waals surface area contributed by atoms with Gasteiger partial charge in [-0.2, -0.15) is 0 Å². The van der Waals surface area contributed by atoms with E-state index in [2.05, 4.69) is 6.92 Å². The van der Waals surface area contributed by atoms with E-state index in [1.165, 1.54) is 83.5 Å². The lowest BCUT2D eigenvalue weighted by molar-refractivity contribution is 0.345. The number of rotatable bonds is 19. The number of hydrogen-bond donors (Lipinski definition) is 4. The maximum Gasteiger partial charge on any atom is 0.0636 e. The van der Waals surface area contributed by atoms with Crippen LogP contribution in [0, 0.1) is 0 Å². The Morgan fingerprint density at radius 1 is 0.560 bits per heavy atom. The predicted octanol–water partition coefficient (Wildman–Crippen LogP) is 4.89. The molecule has 4 nitrogen and oxygen atoms in total. The van der Waals surface area contributed by atoms with Gasteiger partial charge in [-0.25, -0.2) is 0 Å². The molecule has 0 aromatic heterocycles. The molecule has 0 saturated heterocycles. The summed E-state index contributed by atoms with van der Waals surface area (Å²) in [6, 6.07) is 0. The summed E-state index contributed by atoms with van der Waals surface area (Å²) in [4.78, 5) is 0. The van der Waals surface area contributed by atoms with Crippen molar-refractivity contribution in [2.75, 3.05) is 0 Å². The average molecular weight is 357 g/mol. The van der Waals surface area contributed by atoms with Crippen LogP contribution < -0.4 is 22.9 Å². The van der Waals surface area contributed by atoms with Gasteiger partial charge >= 0.3 is 0 Å². The Morgan fingerprint density at radius 3 is 1.32 bits per heavy atom. The maximum absolute atomic E-state index is 6.26. The van der Waals surface area contributed by atoms with E-state index in [9.17, 15) is 0 Å². The second-order valence-corrected chi connectivity index (χ2v) is 8.14. The summed E-state index contributed by atoms with van der Waals surface area (Å²) in [5.74, 6) is 0. The fourth-order valence-electron chi connectivity index (χ4n) is 3.43. The lowest BCUT2D eigenvalue weighted by atomic mass is 9.95. The average Bonchev–Trinajstić information content (AvgIpc) is 2.55. The lowest BCUT2D eigenvalue weighted by Gasteiger charge is -2.24. The Hall–Kier alpha value is -0.160. The Morgan fingerprint density at radius 2 is 0.920 bits per heavy atom. The molecule has 0 aromatic rings. The third-order valence-corrected chi connectivity index (χ3v) is 5.18. The maximum atomic E-state index is 6.26. The molecule has 4 heteroatoms. The molecule has 0 aliphatic heterocycles. The molecule has 0 unspecified atom stereocenters. The van der Waals surface area contributed by atoms with Crippen molar-refractivity contribution in [3.63, 3.8) is 0 Å². The molecule has 152 valence electrons. The van der Waals surface area contributed by atoms with Crippen molar-refractivity contribution in [1.29, 1.82) is 0 Å². The van der Waals surface area contributed by atoms with Crippen LogP contribution >= 0.6 is 0 Å². The van der Waals surface area contributed by atoms with Crippen molar-refractivity contribution in [1.82, 2.24) is 0 Å². The molecule has 0 heterocycles. The zero-order valence-electron chi connectivity index (χ0n) is 17.1. The Bertz CT molecular complexity index is 267. The van der Waals surface area contributed by atoms with Gasteiger partial charge in [0.15, 0.2) is 0 Å². The molecular formula is C21H48N4. The van der Waals surface area contributed by atoms with E-state index in [0.717, 1.165) is 32.1 Å². The van der Waals surface area contributed by atoms with E-state index >= 15 is 0 Å². The molecule has 8 N–H and O–H groups in total. The zero-order valence-corrected chi connectivity index (χ0v) is 17.1. The summed E-state index contributed by atoms with van der Waals surface area (Å²) in [6.45, 7) is 2.27. The molecule has 0 fully saturated rings. The number of unbranched alkanes of at least 4 members (excludes halogenated alkanes) is 13. The first-order valence-electron chi connectivity index (χ1n) is 11.1. The minimum atomic E-state index is -0.451. The van der Waals surface area contributed by atoms with Crippen molar-refractivity contribution in [2.24, 2.45) is 22.9 Å². The second kappa shape index (κ2) is 17.3. The van der Waals surface area contributed by atoms with Gasteiger partial charge in [0.1, 0.15) is 0 Å². The first-order chi connectivity index (χ1) is 12.0. The van der Waals surface area contributed by atoms with Crippen molar-refractivity contribution in [3.8, 4) is 0 Å². The van der Waals surface area contributed by atoms with E-state index in [1.807, 2.05) is 0 Å². The third-order valence-electron chi connectivity index (χ3n) is 5.18. The van der Waals surface area contributed by atoms with Crippen LogP contribution in [0.5, 0.6) is 0 Å². The standard InChI is InChI=1S/C21H48N4/c1-2-3-4-5-6-7-9-12-15-18-21(24,25)19-16-13-10-8-11-14-17-20(22)23/h20H,2-19,22-25H2,1H3. The smallest absolute Gasteiger partial charge is 0.0636 e. The van der Waals surface area contributed by atoms with E-state index < -0.39 is 5.66 Å². The van der Waals surface area contributed by atoms with Gasteiger partial charge in [-0.3, -0.25) is 0 Å². The van der Waals surface area contributed by atoms with Gasteiger partial charge in [0.2, 0.25) is 0 Å². The quantitative estimate of drug-likeness (QED) is 0.195. The Kier molecular flexibility index (Phi) is 17.2. The van der Waals surface area contributed by atoms with Crippen molar-refractivity contribution in [3.05, 3.63) is 0 Å². The van der Waals surface area contributed by atoms with Crippen LogP contribution in [-0.4, -0.2) is 11.8 Å². The summed E-state index contributed by atoms with van der Waals surface area (Å²) in [6.07, 6.45) is 22.2. The van der Waals surface area contributed by atoms with Gasteiger partial charge in [0, 0.05) is 0 Å². The molecule has 0 spiro atoms. The molecule has 0 atom stereocenters. The minimum Gasteiger partial charge on any atom is -0.316 e. The number of nitrogens with two attached hydrogens (primary N) is 4. The van der Waals surface area contributed by atoms with Crippen LogP contribution in [-0.2, 0) is 0 Å². The summed E-state index contributed by atoms with van der Waals surface area (Å²) in [5.41, 5.74) is 23.2. The highest BCUT2D eigenvalue weighted by Gasteiger charge is 2.17. The van der Waals surface area contributed by atoms with Gasteiger partial charge < -0.3 is 22.9 Å². The van der Waals surface area contributed by atoms with Crippen molar-refractivity contribution < 1.29 is 0 Å². The third kappa shape index (κ3) is 20.0. The van der Waals surface area contributed by atoms with Gasteiger partial charge in [0.05, 0.1) is 11.8 Å². The van der Waals surface area contributed by atoms with Crippen LogP contribution in [0.3, 0.4) is 0 Å². The van der Waals surface area contributed by atoms with Gasteiger partial charge in [-0.05, 0) is 19.3 Å². The van der Waals surface area contributed by atoms with Crippen LogP contribution in [0.25, 0.3) is 0 Å². The normalized spacial score (nSPS) is 12.2. The fraction of sp³-hybridized carbons (Fsp3) is 1.00. The van der Waals surface area contributed by atoms with Crippen LogP contribution in [0.1, 0.15) is 122 Å². The first kappa shape index (κ1) is 24.8. The SMILES string of the molecule is CCCCCCCCCCCC(N)(N)CCCCCCCCC(N)N. The number of hydrogen-bond acceptors (Lipinski definition) is 4. The lowest BCUT2D eigenvalue weighted by Crippen LogP contribution is -2.49.